The summed E-state index contributed by atoms with van der Waals surface area (Å²) >= 11 is 6.01. The lowest BCUT2D eigenvalue weighted by Gasteiger charge is -2.12. The lowest BCUT2D eigenvalue weighted by atomic mass is 10.1. The number of nitrogens with one attached hydrogen (secondary N) is 1. The molecule has 170 valence electrons. The van der Waals surface area contributed by atoms with Crippen LogP contribution in [0.2, 0.25) is 5.02 Å². The standard InChI is InChI=1S/C25H26ClN5O2/c1-14(2)24-28-25(33-30-24)20-8-6-7-15(3)23(20)27-22(32)13-21-16(4)29-31(17(21)5)19-11-9-18(26)10-12-19/h6-12,14H,13H2,1-5H3,(H,27,32). The van der Waals surface area contributed by atoms with Gasteiger partial charge >= 0.3 is 0 Å². The fraction of sp³-hybridized carbons (Fsp3) is 0.280. The number of benzene rings is 2. The molecule has 4 aromatic rings. The number of aryl methyl sites for hydroxylation is 2. The topological polar surface area (TPSA) is 85.8 Å². The summed E-state index contributed by atoms with van der Waals surface area (Å²) in [7, 11) is 0. The molecule has 2 heterocycles. The van der Waals surface area contributed by atoms with Crippen molar-refractivity contribution in [2.45, 2.75) is 47.0 Å². The van der Waals surface area contributed by atoms with E-state index in [2.05, 4.69) is 20.6 Å². The molecule has 0 fully saturated rings. The summed E-state index contributed by atoms with van der Waals surface area (Å²) < 4.78 is 7.30. The Balaban J connectivity index is 1.60. The molecular weight excluding hydrogens is 438 g/mol. The average Bonchev–Trinajstić information content (AvgIpc) is 3.37. The van der Waals surface area contributed by atoms with E-state index in [0.29, 0.717) is 28.0 Å². The zero-order valence-electron chi connectivity index (χ0n) is 19.3. The van der Waals surface area contributed by atoms with E-state index in [1.165, 1.54) is 0 Å². The molecule has 0 aliphatic carbocycles. The molecule has 2 aromatic heterocycles. The first-order valence-electron chi connectivity index (χ1n) is 10.8. The summed E-state index contributed by atoms with van der Waals surface area (Å²) in [5.74, 6) is 1.02. The van der Waals surface area contributed by atoms with Crippen LogP contribution in [0.15, 0.2) is 47.0 Å². The number of carbonyl (C=O) groups excluding carboxylic acids is 1. The number of halogens is 1. The summed E-state index contributed by atoms with van der Waals surface area (Å²) in [6.07, 6.45) is 0.195. The van der Waals surface area contributed by atoms with Crippen molar-refractivity contribution in [1.82, 2.24) is 19.9 Å². The fourth-order valence-corrected chi connectivity index (χ4v) is 3.83. The number of anilines is 1. The third-order valence-electron chi connectivity index (χ3n) is 5.58. The molecule has 0 aliphatic rings. The molecule has 33 heavy (non-hydrogen) atoms. The SMILES string of the molecule is Cc1cccc(-c2nc(C(C)C)no2)c1NC(=O)Cc1c(C)nn(-c2ccc(Cl)cc2)c1C. The quantitative estimate of drug-likeness (QED) is 0.390. The van der Waals surface area contributed by atoms with Gasteiger partial charge in [0.1, 0.15) is 0 Å². The van der Waals surface area contributed by atoms with Gasteiger partial charge in [-0.15, -0.1) is 0 Å². The van der Waals surface area contributed by atoms with Gasteiger partial charge in [0.2, 0.25) is 5.91 Å². The molecule has 0 unspecified atom stereocenters. The predicted octanol–water partition coefficient (Wildman–Crippen LogP) is 5.81. The van der Waals surface area contributed by atoms with Crippen LogP contribution in [0.3, 0.4) is 0 Å². The number of hydrogen-bond donors (Lipinski definition) is 1. The predicted molar refractivity (Wildman–Crippen MR) is 129 cm³/mol. The summed E-state index contributed by atoms with van der Waals surface area (Å²) in [4.78, 5) is 17.6. The van der Waals surface area contributed by atoms with Crippen molar-refractivity contribution in [2.75, 3.05) is 5.32 Å². The lowest BCUT2D eigenvalue weighted by Crippen LogP contribution is -2.17. The van der Waals surface area contributed by atoms with E-state index in [1.807, 2.05) is 81.8 Å². The van der Waals surface area contributed by atoms with E-state index in [-0.39, 0.29) is 18.2 Å². The molecule has 1 N–H and O–H groups in total. The maximum atomic E-state index is 13.1. The number of carbonyl (C=O) groups is 1. The van der Waals surface area contributed by atoms with Crippen molar-refractivity contribution in [3.8, 4) is 17.1 Å². The molecule has 4 rings (SSSR count). The minimum Gasteiger partial charge on any atom is -0.334 e. The van der Waals surface area contributed by atoms with Gasteiger partial charge in [0.15, 0.2) is 5.82 Å². The third kappa shape index (κ3) is 4.68. The van der Waals surface area contributed by atoms with E-state index >= 15 is 0 Å². The van der Waals surface area contributed by atoms with Gasteiger partial charge in [0, 0.05) is 22.2 Å². The van der Waals surface area contributed by atoms with E-state index in [1.54, 1.807) is 0 Å². The summed E-state index contributed by atoms with van der Waals surface area (Å²) in [5.41, 5.74) is 5.78. The van der Waals surface area contributed by atoms with Crippen LogP contribution in [0.5, 0.6) is 0 Å². The second-order valence-corrected chi connectivity index (χ2v) is 8.81. The van der Waals surface area contributed by atoms with Crippen molar-refractivity contribution >= 4 is 23.2 Å². The molecule has 0 radical (unpaired) electrons. The van der Waals surface area contributed by atoms with E-state index in [4.69, 9.17) is 16.1 Å². The van der Waals surface area contributed by atoms with Gasteiger partial charge in [-0.05, 0) is 56.7 Å². The minimum absolute atomic E-state index is 0.143. The Morgan fingerprint density at radius 2 is 1.85 bits per heavy atom. The normalized spacial score (nSPS) is 11.2. The van der Waals surface area contributed by atoms with Gasteiger partial charge in [-0.25, -0.2) is 4.68 Å². The van der Waals surface area contributed by atoms with Gasteiger partial charge in [0.05, 0.1) is 29.1 Å². The number of hydrogen-bond acceptors (Lipinski definition) is 5. The highest BCUT2D eigenvalue weighted by Gasteiger charge is 2.20. The van der Waals surface area contributed by atoms with Crippen LogP contribution >= 0.6 is 11.6 Å². The Kier molecular flexibility index (Phi) is 6.33. The average molecular weight is 464 g/mol. The molecule has 0 bridgehead atoms. The number of rotatable bonds is 6. The first-order chi connectivity index (χ1) is 15.7. The highest BCUT2D eigenvalue weighted by atomic mass is 35.5. The lowest BCUT2D eigenvalue weighted by molar-refractivity contribution is -0.115. The number of aromatic nitrogens is 4. The molecule has 0 spiro atoms. The van der Waals surface area contributed by atoms with Crippen LogP contribution in [-0.2, 0) is 11.2 Å². The monoisotopic (exact) mass is 463 g/mol. The molecule has 0 aliphatic heterocycles. The van der Waals surface area contributed by atoms with Crippen LogP contribution in [0.25, 0.3) is 17.1 Å². The summed E-state index contributed by atoms with van der Waals surface area (Å²) in [6.45, 7) is 9.81. The van der Waals surface area contributed by atoms with Crippen LogP contribution in [0.1, 0.15) is 48.1 Å². The van der Waals surface area contributed by atoms with Crippen LogP contribution < -0.4 is 5.32 Å². The minimum atomic E-state index is -0.143. The maximum Gasteiger partial charge on any atom is 0.260 e. The van der Waals surface area contributed by atoms with Crippen LogP contribution in [0, 0.1) is 20.8 Å². The Morgan fingerprint density at radius 1 is 1.12 bits per heavy atom. The zero-order chi connectivity index (χ0) is 23.7. The van der Waals surface area contributed by atoms with Crippen LogP contribution in [0.4, 0.5) is 5.69 Å². The Labute approximate surface area is 197 Å². The van der Waals surface area contributed by atoms with Crippen molar-refractivity contribution in [3.05, 3.63) is 75.8 Å². The maximum absolute atomic E-state index is 13.1. The first kappa shape index (κ1) is 22.7. The van der Waals surface area contributed by atoms with Crippen molar-refractivity contribution < 1.29 is 9.32 Å². The Bertz CT molecular complexity index is 1310. The number of para-hydroxylation sites is 1. The number of nitrogens with zero attached hydrogens (tertiary/aromatic N) is 4. The van der Waals surface area contributed by atoms with Gasteiger partial charge in [-0.1, -0.05) is 42.7 Å². The summed E-state index contributed by atoms with van der Waals surface area (Å²) in [6, 6.07) is 13.2. The van der Waals surface area contributed by atoms with E-state index < -0.39 is 0 Å². The highest BCUT2D eigenvalue weighted by Crippen LogP contribution is 2.31. The third-order valence-corrected chi connectivity index (χ3v) is 5.83. The molecule has 0 saturated carbocycles. The van der Waals surface area contributed by atoms with Gasteiger partial charge in [-0.3, -0.25) is 4.79 Å². The van der Waals surface area contributed by atoms with Crippen molar-refractivity contribution in [1.29, 1.82) is 0 Å². The second-order valence-electron chi connectivity index (χ2n) is 8.37. The Morgan fingerprint density at radius 3 is 2.52 bits per heavy atom. The Hall–Kier alpha value is -3.45. The fourth-order valence-electron chi connectivity index (χ4n) is 3.70. The highest BCUT2D eigenvalue weighted by molar-refractivity contribution is 6.30. The largest absolute Gasteiger partial charge is 0.334 e. The van der Waals surface area contributed by atoms with Crippen molar-refractivity contribution in [3.63, 3.8) is 0 Å². The van der Waals surface area contributed by atoms with Crippen LogP contribution in [-0.4, -0.2) is 25.8 Å². The summed E-state index contributed by atoms with van der Waals surface area (Å²) in [5, 5.41) is 12.4. The molecular formula is C25H26ClN5O2. The van der Waals surface area contributed by atoms with Gasteiger partial charge in [0.25, 0.3) is 5.89 Å². The van der Waals surface area contributed by atoms with Crippen molar-refractivity contribution in [2.24, 2.45) is 0 Å². The van der Waals surface area contributed by atoms with E-state index in [0.717, 1.165) is 28.2 Å². The first-order valence-corrected chi connectivity index (χ1v) is 11.2. The molecule has 7 nitrogen and oxygen atoms in total. The van der Waals surface area contributed by atoms with Gasteiger partial charge in [-0.2, -0.15) is 10.1 Å². The number of amides is 1. The second kappa shape index (κ2) is 9.19. The zero-order valence-corrected chi connectivity index (χ0v) is 20.1. The molecule has 0 saturated heterocycles. The molecule has 0 atom stereocenters. The molecule has 1 amide bonds. The molecule has 8 heteroatoms. The van der Waals surface area contributed by atoms with Gasteiger partial charge < -0.3 is 9.84 Å². The molecule has 2 aromatic carbocycles. The smallest absolute Gasteiger partial charge is 0.260 e. The van der Waals surface area contributed by atoms with E-state index in [9.17, 15) is 4.79 Å².